The molecule has 2 rings (SSSR count). The van der Waals surface area contributed by atoms with Gasteiger partial charge in [0.2, 0.25) is 10.0 Å². The number of rotatable bonds is 6. The maximum atomic E-state index is 12.4. The van der Waals surface area contributed by atoms with Crippen LogP contribution in [0.15, 0.2) is 23.1 Å². The molecule has 19 heavy (non-hydrogen) atoms. The summed E-state index contributed by atoms with van der Waals surface area (Å²) >= 11 is 0. The maximum absolute atomic E-state index is 12.4. The summed E-state index contributed by atoms with van der Waals surface area (Å²) in [5, 5.41) is 3.00. The van der Waals surface area contributed by atoms with E-state index >= 15 is 0 Å². The van der Waals surface area contributed by atoms with Crippen molar-refractivity contribution in [3.8, 4) is 5.75 Å². The van der Waals surface area contributed by atoms with E-state index in [-0.39, 0.29) is 10.4 Å². The molecule has 1 aromatic carbocycles. The van der Waals surface area contributed by atoms with Crippen LogP contribution in [0.3, 0.4) is 0 Å². The molecule has 2 N–H and O–H groups in total. The van der Waals surface area contributed by atoms with Crippen LogP contribution in [0.5, 0.6) is 5.75 Å². The molecule has 1 aromatic rings. The SMILES string of the molecule is CNCc1ccc(OC)c(S(=O)(=O)NC2(C)CC2)c1. The highest BCUT2D eigenvalue weighted by Crippen LogP contribution is 2.37. The van der Waals surface area contributed by atoms with Crippen LogP contribution >= 0.6 is 0 Å². The van der Waals surface area contributed by atoms with Crippen molar-refractivity contribution in [3.05, 3.63) is 23.8 Å². The van der Waals surface area contributed by atoms with Crippen LogP contribution < -0.4 is 14.8 Å². The standard InChI is InChI=1S/C13H20N2O3S/c1-13(6-7-13)15-19(16,17)12-8-10(9-14-2)4-5-11(12)18-3/h4-5,8,14-15H,6-7,9H2,1-3H3. The minimum Gasteiger partial charge on any atom is -0.495 e. The first kappa shape index (κ1) is 14.3. The first-order chi connectivity index (χ1) is 8.90. The van der Waals surface area contributed by atoms with Crippen LogP contribution in [0.4, 0.5) is 0 Å². The molecule has 0 saturated heterocycles. The fraction of sp³-hybridized carbons (Fsp3) is 0.538. The van der Waals surface area contributed by atoms with Gasteiger partial charge in [0.25, 0.3) is 0 Å². The topological polar surface area (TPSA) is 67.4 Å². The van der Waals surface area contributed by atoms with Crippen LogP contribution in [0.2, 0.25) is 0 Å². The van der Waals surface area contributed by atoms with E-state index in [1.54, 1.807) is 12.1 Å². The van der Waals surface area contributed by atoms with Gasteiger partial charge in [-0.05, 0) is 44.5 Å². The maximum Gasteiger partial charge on any atom is 0.244 e. The minimum absolute atomic E-state index is 0.205. The fourth-order valence-electron chi connectivity index (χ4n) is 1.91. The van der Waals surface area contributed by atoms with Gasteiger partial charge in [-0.1, -0.05) is 6.07 Å². The molecule has 1 aliphatic rings. The summed E-state index contributed by atoms with van der Waals surface area (Å²) in [4.78, 5) is 0.205. The zero-order valence-corrected chi connectivity index (χ0v) is 12.3. The van der Waals surface area contributed by atoms with Gasteiger partial charge in [0.1, 0.15) is 10.6 Å². The van der Waals surface area contributed by atoms with Gasteiger partial charge in [-0.2, -0.15) is 0 Å². The number of benzene rings is 1. The molecular formula is C13H20N2O3S. The zero-order chi connectivity index (χ0) is 14.1. The second-order valence-electron chi connectivity index (χ2n) is 5.18. The van der Waals surface area contributed by atoms with E-state index in [2.05, 4.69) is 10.0 Å². The number of nitrogens with one attached hydrogen (secondary N) is 2. The van der Waals surface area contributed by atoms with Crippen LogP contribution in [0.25, 0.3) is 0 Å². The molecule has 0 atom stereocenters. The van der Waals surface area contributed by atoms with E-state index in [1.165, 1.54) is 7.11 Å². The third kappa shape index (κ3) is 3.26. The first-order valence-electron chi connectivity index (χ1n) is 6.26. The molecule has 6 heteroatoms. The third-order valence-corrected chi connectivity index (χ3v) is 4.94. The van der Waals surface area contributed by atoms with E-state index in [4.69, 9.17) is 4.74 Å². The van der Waals surface area contributed by atoms with Crippen LogP contribution in [0.1, 0.15) is 25.3 Å². The Labute approximate surface area is 114 Å². The van der Waals surface area contributed by atoms with Crippen molar-refractivity contribution in [1.82, 2.24) is 10.0 Å². The number of ether oxygens (including phenoxy) is 1. The highest BCUT2D eigenvalue weighted by molar-refractivity contribution is 7.89. The summed E-state index contributed by atoms with van der Waals surface area (Å²) in [6, 6.07) is 5.20. The van der Waals surface area contributed by atoms with Crippen molar-refractivity contribution in [1.29, 1.82) is 0 Å². The van der Waals surface area contributed by atoms with Crippen LogP contribution in [-0.4, -0.2) is 28.1 Å². The summed E-state index contributed by atoms with van der Waals surface area (Å²) in [6.45, 7) is 2.53. The third-order valence-electron chi connectivity index (χ3n) is 3.28. The molecule has 106 valence electrons. The summed E-state index contributed by atoms with van der Waals surface area (Å²) in [6.07, 6.45) is 1.76. The molecular weight excluding hydrogens is 264 g/mol. The summed E-state index contributed by atoms with van der Waals surface area (Å²) in [7, 11) is -0.243. The van der Waals surface area contributed by atoms with Gasteiger partial charge in [0, 0.05) is 12.1 Å². The van der Waals surface area contributed by atoms with Crippen molar-refractivity contribution >= 4 is 10.0 Å². The van der Waals surface area contributed by atoms with Gasteiger partial charge >= 0.3 is 0 Å². The number of hydrogen-bond donors (Lipinski definition) is 2. The Morgan fingerprint density at radius 2 is 2.05 bits per heavy atom. The Hall–Kier alpha value is -1.11. The van der Waals surface area contributed by atoms with Crippen LogP contribution in [-0.2, 0) is 16.6 Å². The van der Waals surface area contributed by atoms with Crippen molar-refractivity contribution in [2.45, 2.75) is 36.7 Å². The normalized spacial score (nSPS) is 17.2. The Balaban J connectivity index is 2.37. The van der Waals surface area contributed by atoms with Gasteiger partial charge in [-0.15, -0.1) is 0 Å². The van der Waals surface area contributed by atoms with Crippen molar-refractivity contribution in [3.63, 3.8) is 0 Å². The van der Waals surface area contributed by atoms with Crippen molar-refractivity contribution < 1.29 is 13.2 Å². The molecule has 1 fully saturated rings. The molecule has 1 aliphatic carbocycles. The molecule has 0 heterocycles. The molecule has 0 aromatic heterocycles. The van der Waals surface area contributed by atoms with Crippen molar-refractivity contribution in [2.24, 2.45) is 0 Å². The van der Waals surface area contributed by atoms with Gasteiger partial charge in [0.15, 0.2) is 0 Å². The molecule has 1 saturated carbocycles. The molecule has 0 radical (unpaired) electrons. The van der Waals surface area contributed by atoms with Gasteiger partial charge in [-0.3, -0.25) is 0 Å². The summed E-state index contributed by atoms with van der Waals surface area (Å²) in [5.74, 6) is 0.372. The largest absolute Gasteiger partial charge is 0.495 e. The van der Waals surface area contributed by atoms with E-state index in [1.807, 2.05) is 20.0 Å². The lowest BCUT2D eigenvalue weighted by molar-refractivity contribution is 0.401. The number of hydrogen-bond acceptors (Lipinski definition) is 4. The Morgan fingerprint density at radius 1 is 1.37 bits per heavy atom. The predicted octanol–water partition coefficient (Wildman–Crippen LogP) is 1.25. The van der Waals surface area contributed by atoms with E-state index in [0.29, 0.717) is 12.3 Å². The van der Waals surface area contributed by atoms with E-state index in [9.17, 15) is 8.42 Å². The second-order valence-corrected chi connectivity index (χ2v) is 6.83. The lowest BCUT2D eigenvalue weighted by Gasteiger charge is -2.15. The van der Waals surface area contributed by atoms with Gasteiger partial charge in [0.05, 0.1) is 7.11 Å². The molecule has 0 spiro atoms. The molecule has 0 unspecified atom stereocenters. The number of methoxy groups -OCH3 is 1. The second kappa shape index (κ2) is 5.11. The highest BCUT2D eigenvalue weighted by Gasteiger charge is 2.41. The lowest BCUT2D eigenvalue weighted by atomic mass is 10.2. The van der Waals surface area contributed by atoms with E-state index in [0.717, 1.165) is 18.4 Å². The Morgan fingerprint density at radius 3 is 2.58 bits per heavy atom. The van der Waals surface area contributed by atoms with E-state index < -0.39 is 10.0 Å². The van der Waals surface area contributed by atoms with Gasteiger partial charge in [-0.25, -0.2) is 13.1 Å². The average Bonchev–Trinajstić information content (AvgIpc) is 3.06. The highest BCUT2D eigenvalue weighted by atomic mass is 32.2. The van der Waals surface area contributed by atoms with Crippen LogP contribution in [0, 0.1) is 0 Å². The summed E-state index contributed by atoms with van der Waals surface area (Å²) in [5.41, 5.74) is 0.618. The monoisotopic (exact) mass is 284 g/mol. The molecule has 5 nitrogen and oxygen atoms in total. The molecule has 0 bridgehead atoms. The minimum atomic E-state index is -3.54. The summed E-state index contributed by atoms with van der Waals surface area (Å²) < 4.78 is 32.7. The van der Waals surface area contributed by atoms with Gasteiger partial charge < -0.3 is 10.1 Å². The van der Waals surface area contributed by atoms with Crippen molar-refractivity contribution in [2.75, 3.05) is 14.2 Å². The smallest absolute Gasteiger partial charge is 0.244 e. The molecule has 0 aliphatic heterocycles. The fourth-order valence-corrected chi connectivity index (χ4v) is 3.60. The number of sulfonamides is 1. The average molecular weight is 284 g/mol. The predicted molar refractivity (Wildman–Crippen MR) is 73.7 cm³/mol. The zero-order valence-electron chi connectivity index (χ0n) is 11.5. The first-order valence-corrected chi connectivity index (χ1v) is 7.74. The Bertz CT molecular complexity index is 565. The Kier molecular flexibility index (Phi) is 3.85. The molecule has 0 amide bonds. The lowest BCUT2D eigenvalue weighted by Crippen LogP contribution is -2.34. The quantitative estimate of drug-likeness (QED) is 0.825.